The molecule has 0 saturated heterocycles. The van der Waals surface area contributed by atoms with Crippen LogP contribution in [-0.2, 0) is 14.3 Å². The number of halogens is 2. The molecule has 0 heterocycles. The van der Waals surface area contributed by atoms with Gasteiger partial charge in [-0.2, -0.15) is 0 Å². The lowest BCUT2D eigenvalue weighted by atomic mass is 9.52. The maximum atomic E-state index is 12.6. The van der Waals surface area contributed by atoms with Crippen molar-refractivity contribution >= 4 is 5.97 Å². The molecule has 0 aromatic carbocycles. The van der Waals surface area contributed by atoms with Crippen LogP contribution in [0, 0.1) is 11.8 Å². The van der Waals surface area contributed by atoms with Crippen LogP contribution in [0.15, 0.2) is 0 Å². The van der Waals surface area contributed by atoms with Crippen LogP contribution in [0.2, 0.25) is 0 Å². The van der Waals surface area contributed by atoms with Gasteiger partial charge in [0, 0.05) is 13.3 Å². The Labute approximate surface area is 122 Å². The first-order valence-electron chi connectivity index (χ1n) is 7.57. The van der Waals surface area contributed by atoms with Gasteiger partial charge in [-0.25, -0.2) is 13.6 Å². The molecule has 0 amide bonds. The topological polar surface area (TPSA) is 55.8 Å². The van der Waals surface area contributed by atoms with Crippen molar-refractivity contribution in [2.75, 3.05) is 13.2 Å². The molecule has 21 heavy (non-hydrogen) atoms. The SMILES string of the molecule is CC(F)(F)COC(=O)COC12CC3CC(CC(O)(C3)C1)C2. The van der Waals surface area contributed by atoms with E-state index in [1.807, 2.05) is 0 Å². The molecule has 4 fully saturated rings. The van der Waals surface area contributed by atoms with E-state index >= 15 is 0 Å². The minimum absolute atomic E-state index is 0.314. The number of hydrogen-bond donors (Lipinski definition) is 1. The number of ether oxygens (including phenoxy) is 2. The molecular formula is C15H22F2O4. The molecule has 2 atom stereocenters. The Kier molecular flexibility index (Phi) is 3.52. The fourth-order valence-corrected chi connectivity index (χ4v) is 4.76. The highest BCUT2D eigenvalue weighted by Gasteiger charge is 2.58. The van der Waals surface area contributed by atoms with Crippen LogP contribution in [0.3, 0.4) is 0 Å². The zero-order valence-corrected chi connectivity index (χ0v) is 12.2. The van der Waals surface area contributed by atoms with Gasteiger partial charge in [0.05, 0.1) is 11.2 Å². The van der Waals surface area contributed by atoms with Crippen molar-refractivity contribution in [3.8, 4) is 0 Å². The normalized spacial score (nSPS) is 41.3. The summed E-state index contributed by atoms with van der Waals surface area (Å²) in [6.45, 7) is -0.529. The number of esters is 1. The first kappa shape index (κ1) is 15.2. The second-order valence-electron chi connectivity index (χ2n) is 7.39. The van der Waals surface area contributed by atoms with E-state index in [1.165, 1.54) is 0 Å². The van der Waals surface area contributed by atoms with Crippen LogP contribution in [0.25, 0.3) is 0 Å². The summed E-state index contributed by atoms with van der Waals surface area (Å²) in [6, 6.07) is 0. The van der Waals surface area contributed by atoms with E-state index < -0.39 is 29.7 Å². The number of carbonyl (C=O) groups excluding carboxylic acids is 1. The predicted molar refractivity (Wildman–Crippen MR) is 69.9 cm³/mol. The van der Waals surface area contributed by atoms with Gasteiger partial charge in [-0.3, -0.25) is 0 Å². The van der Waals surface area contributed by atoms with Crippen molar-refractivity contribution in [2.45, 2.75) is 62.6 Å². The van der Waals surface area contributed by atoms with E-state index in [4.69, 9.17) is 4.74 Å². The Bertz CT molecular complexity index is 418. The monoisotopic (exact) mass is 304 g/mol. The number of hydrogen-bond acceptors (Lipinski definition) is 4. The van der Waals surface area contributed by atoms with E-state index in [2.05, 4.69) is 4.74 Å². The summed E-state index contributed by atoms with van der Waals surface area (Å²) in [4.78, 5) is 11.5. The van der Waals surface area contributed by atoms with Crippen molar-refractivity contribution < 1.29 is 28.2 Å². The Morgan fingerprint density at radius 3 is 2.43 bits per heavy atom. The van der Waals surface area contributed by atoms with Crippen LogP contribution in [0.1, 0.15) is 45.4 Å². The lowest BCUT2D eigenvalue weighted by Crippen LogP contribution is -2.60. The first-order chi connectivity index (χ1) is 9.67. The third kappa shape index (κ3) is 3.37. The smallest absolute Gasteiger partial charge is 0.332 e. The molecule has 0 spiro atoms. The summed E-state index contributed by atoms with van der Waals surface area (Å²) in [7, 11) is 0. The van der Waals surface area contributed by atoms with Crippen molar-refractivity contribution in [1.29, 1.82) is 0 Å². The maximum absolute atomic E-state index is 12.6. The molecule has 1 N–H and O–H groups in total. The lowest BCUT2D eigenvalue weighted by molar-refractivity contribution is -0.224. The number of rotatable bonds is 5. The van der Waals surface area contributed by atoms with Gasteiger partial charge in [-0.05, 0) is 43.9 Å². The number of alkyl halides is 2. The van der Waals surface area contributed by atoms with E-state index in [0.717, 1.165) is 32.1 Å². The molecule has 4 rings (SSSR count). The van der Waals surface area contributed by atoms with E-state index in [-0.39, 0.29) is 6.61 Å². The summed E-state index contributed by atoms with van der Waals surface area (Å²) in [5.74, 6) is -2.88. The Morgan fingerprint density at radius 2 is 1.90 bits per heavy atom. The zero-order valence-electron chi connectivity index (χ0n) is 12.2. The predicted octanol–water partition coefficient (Wildman–Crippen LogP) is 2.29. The molecule has 0 aromatic heterocycles. The highest BCUT2D eigenvalue weighted by molar-refractivity contribution is 5.70. The van der Waals surface area contributed by atoms with Crippen LogP contribution in [0.4, 0.5) is 8.78 Å². The average molecular weight is 304 g/mol. The molecule has 6 heteroatoms. The van der Waals surface area contributed by atoms with Gasteiger partial charge in [-0.1, -0.05) is 0 Å². The van der Waals surface area contributed by atoms with Crippen LogP contribution in [0.5, 0.6) is 0 Å². The molecule has 4 aliphatic rings. The third-order valence-corrected chi connectivity index (χ3v) is 4.96. The Balaban J connectivity index is 1.54. The molecule has 2 unspecified atom stereocenters. The standard InChI is InChI=1S/C15H22F2O4/c1-13(16,17)9-20-12(18)7-21-15-5-10-2-11(6-15)4-14(19,3-10)8-15/h10-11,19H,2-9H2,1H3. The fraction of sp³-hybridized carbons (Fsp3) is 0.933. The van der Waals surface area contributed by atoms with Gasteiger partial charge in [0.15, 0.2) is 6.61 Å². The molecule has 4 aliphatic carbocycles. The van der Waals surface area contributed by atoms with Gasteiger partial charge in [0.25, 0.3) is 5.92 Å². The van der Waals surface area contributed by atoms with Gasteiger partial charge in [0.1, 0.15) is 6.61 Å². The first-order valence-corrected chi connectivity index (χ1v) is 7.57. The summed E-state index contributed by atoms with van der Waals surface area (Å²) in [5, 5.41) is 10.5. The van der Waals surface area contributed by atoms with Crippen LogP contribution in [-0.4, -0.2) is 41.4 Å². The van der Waals surface area contributed by atoms with Crippen molar-refractivity contribution in [2.24, 2.45) is 11.8 Å². The Hall–Kier alpha value is -0.750. The average Bonchev–Trinajstić information content (AvgIpc) is 2.30. The highest BCUT2D eigenvalue weighted by Crippen LogP contribution is 2.58. The van der Waals surface area contributed by atoms with Crippen LogP contribution < -0.4 is 0 Å². The number of aliphatic hydroxyl groups is 1. The summed E-state index contributed by atoms with van der Waals surface area (Å²) >= 11 is 0. The Morgan fingerprint density at radius 1 is 1.29 bits per heavy atom. The molecule has 0 radical (unpaired) electrons. The van der Waals surface area contributed by atoms with Gasteiger partial charge >= 0.3 is 5.97 Å². The lowest BCUT2D eigenvalue weighted by Gasteiger charge is -2.59. The minimum Gasteiger partial charge on any atom is -0.458 e. The number of carbonyl (C=O) groups is 1. The minimum atomic E-state index is -3.02. The van der Waals surface area contributed by atoms with Crippen molar-refractivity contribution in [3.05, 3.63) is 0 Å². The molecule has 4 nitrogen and oxygen atoms in total. The summed E-state index contributed by atoms with van der Waals surface area (Å²) in [6.07, 6.45) is 5.01. The van der Waals surface area contributed by atoms with Crippen molar-refractivity contribution in [1.82, 2.24) is 0 Å². The molecule has 4 saturated carbocycles. The van der Waals surface area contributed by atoms with Gasteiger partial charge in [-0.15, -0.1) is 0 Å². The van der Waals surface area contributed by atoms with Crippen LogP contribution >= 0.6 is 0 Å². The van der Waals surface area contributed by atoms with E-state index in [9.17, 15) is 18.7 Å². The maximum Gasteiger partial charge on any atom is 0.332 e. The fourth-order valence-electron chi connectivity index (χ4n) is 4.76. The van der Waals surface area contributed by atoms with E-state index in [0.29, 0.717) is 25.2 Å². The second-order valence-corrected chi connectivity index (χ2v) is 7.39. The molecule has 0 aliphatic heterocycles. The molecular weight excluding hydrogens is 282 g/mol. The highest BCUT2D eigenvalue weighted by atomic mass is 19.3. The molecule has 120 valence electrons. The largest absolute Gasteiger partial charge is 0.458 e. The quantitative estimate of drug-likeness (QED) is 0.792. The van der Waals surface area contributed by atoms with Gasteiger partial charge in [0.2, 0.25) is 0 Å². The van der Waals surface area contributed by atoms with Crippen molar-refractivity contribution in [3.63, 3.8) is 0 Å². The zero-order chi connectivity index (χ0) is 15.3. The summed E-state index contributed by atoms with van der Waals surface area (Å²) in [5.41, 5.74) is -1.13. The third-order valence-electron chi connectivity index (χ3n) is 4.96. The van der Waals surface area contributed by atoms with E-state index in [1.54, 1.807) is 0 Å². The molecule has 4 bridgehead atoms. The molecule has 0 aromatic rings. The summed E-state index contributed by atoms with van der Waals surface area (Å²) < 4.78 is 35.5. The second kappa shape index (κ2) is 4.88. The van der Waals surface area contributed by atoms with Gasteiger partial charge < -0.3 is 14.6 Å².